The molecule has 24 heavy (non-hydrogen) atoms. The molecule has 0 unspecified atom stereocenters. The zero-order chi connectivity index (χ0) is 16.9. The Morgan fingerprint density at radius 3 is 2.50 bits per heavy atom. The molecule has 0 fully saturated rings. The number of ketones is 1. The van der Waals surface area contributed by atoms with Crippen LogP contribution in [0.5, 0.6) is 0 Å². The molecule has 3 nitrogen and oxygen atoms in total. The molecular formula is C20H13BrN2O. The van der Waals surface area contributed by atoms with E-state index in [4.69, 9.17) is 0 Å². The van der Waals surface area contributed by atoms with Gasteiger partial charge in [-0.1, -0.05) is 48.5 Å². The van der Waals surface area contributed by atoms with Crippen molar-refractivity contribution in [1.82, 2.24) is 4.98 Å². The lowest BCUT2D eigenvalue weighted by molar-refractivity contribution is 0.0988. The van der Waals surface area contributed by atoms with Crippen molar-refractivity contribution in [3.05, 3.63) is 88.2 Å². The van der Waals surface area contributed by atoms with Gasteiger partial charge < -0.3 is 0 Å². The van der Waals surface area contributed by atoms with Gasteiger partial charge in [0.25, 0.3) is 0 Å². The van der Waals surface area contributed by atoms with Crippen LogP contribution in [-0.4, -0.2) is 10.8 Å². The SMILES string of the molecule is N#Cc1c(CC(=O)c2ccc(Br)cn2)cccc1-c1ccccc1. The molecule has 0 saturated carbocycles. The third-order valence-corrected chi connectivity index (χ3v) is 4.18. The van der Waals surface area contributed by atoms with Crippen LogP contribution < -0.4 is 0 Å². The molecule has 116 valence electrons. The Morgan fingerprint density at radius 2 is 1.83 bits per heavy atom. The molecule has 2 aromatic carbocycles. The quantitative estimate of drug-likeness (QED) is 0.614. The Kier molecular flexibility index (Phi) is 4.83. The van der Waals surface area contributed by atoms with Gasteiger partial charge in [0.2, 0.25) is 0 Å². The first kappa shape index (κ1) is 16.1. The minimum atomic E-state index is -0.107. The molecule has 0 bridgehead atoms. The fraction of sp³-hybridized carbons (Fsp3) is 0.0500. The predicted molar refractivity (Wildman–Crippen MR) is 96.6 cm³/mol. The molecule has 0 N–H and O–H groups in total. The number of aromatic nitrogens is 1. The topological polar surface area (TPSA) is 53.8 Å². The second kappa shape index (κ2) is 7.20. The van der Waals surface area contributed by atoms with E-state index in [1.54, 1.807) is 18.3 Å². The molecule has 3 aromatic rings. The summed E-state index contributed by atoms with van der Waals surface area (Å²) in [7, 11) is 0. The third kappa shape index (κ3) is 3.42. The van der Waals surface area contributed by atoms with Crippen molar-refractivity contribution in [2.24, 2.45) is 0 Å². The van der Waals surface area contributed by atoms with Crippen molar-refractivity contribution in [3.8, 4) is 17.2 Å². The molecule has 3 rings (SSSR count). The fourth-order valence-electron chi connectivity index (χ4n) is 2.54. The smallest absolute Gasteiger partial charge is 0.185 e. The fourth-order valence-corrected chi connectivity index (χ4v) is 2.78. The lowest BCUT2D eigenvalue weighted by atomic mass is 9.93. The lowest BCUT2D eigenvalue weighted by Crippen LogP contribution is -2.07. The van der Waals surface area contributed by atoms with Gasteiger partial charge in [0.1, 0.15) is 11.8 Å². The molecular weight excluding hydrogens is 364 g/mol. The summed E-state index contributed by atoms with van der Waals surface area (Å²) >= 11 is 3.30. The van der Waals surface area contributed by atoms with Gasteiger partial charge in [-0.3, -0.25) is 9.78 Å². The van der Waals surface area contributed by atoms with Gasteiger partial charge in [0.15, 0.2) is 5.78 Å². The number of hydrogen-bond acceptors (Lipinski definition) is 3. The molecule has 0 spiro atoms. The standard InChI is InChI=1S/C20H13BrN2O/c21-16-9-10-19(23-13-16)20(24)11-15-7-4-8-17(18(15)12-22)14-5-2-1-3-6-14/h1-10,13H,11H2. The minimum absolute atomic E-state index is 0.107. The minimum Gasteiger partial charge on any atom is -0.292 e. The summed E-state index contributed by atoms with van der Waals surface area (Å²) in [5.74, 6) is -0.107. The van der Waals surface area contributed by atoms with E-state index < -0.39 is 0 Å². The van der Waals surface area contributed by atoms with Gasteiger partial charge in [-0.05, 0) is 44.8 Å². The maximum atomic E-state index is 12.5. The summed E-state index contributed by atoms with van der Waals surface area (Å²) in [5, 5.41) is 9.60. The number of carbonyl (C=O) groups is 1. The van der Waals surface area contributed by atoms with Gasteiger partial charge in [-0.15, -0.1) is 0 Å². The monoisotopic (exact) mass is 376 g/mol. The maximum absolute atomic E-state index is 12.5. The molecule has 1 aromatic heterocycles. The predicted octanol–water partition coefficient (Wildman–Crippen LogP) is 4.81. The third-order valence-electron chi connectivity index (χ3n) is 3.71. The first-order valence-corrected chi connectivity index (χ1v) is 8.20. The first-order chi connectivity index (χ1) is 11.7. The van der Waals surface area contributed by atoms with Crippen LogP contribution in [0, 0.1) is 11.3 Å². The molecule has 4 heteroatoms. The van der Waals surface area contributed by atoms with Crippen molar-refractivity contribution in [2.45, 2.75) is 6.42 Å². The number of benzene rings is 2. The number of halogens is 1. The van der Waals surface area contributed by atoms with E-state index in [-0.39, 0.29) is 12.2 Å². The van der Waals surface area contributed by atoms with Crippen LogP contribution in [0.25, 0.3) is 11.1 Å². The van der Waals surface area contributed by atoms with E-state index in [2.05, 4.69) is 27.0 Å². The number of pyridine rings is 1. The largest absolute Gasteiger partial charge is 0.292 e. The lowest BCUT2D eigenvalue weighted by Gasteiger charge is -2.09. The summed E-state index contributed by atoms with van der Waals surface area (Å²) in [6.07, 6.45) is 1.75. The number of nitriles is 1. The zero-order valence-corrected chi connectivity index (χ0v) is 14.3. The molecule has 0 aliphatic carbocycles. The van der Waals surface area contributed by atoms with Crippen LogP contribution >= 0.6 is 15.9 Å². The van der Waals surface area contributed by atoms with Crippen molar-refractivity contribution in [2.75, 3.05) is 0 Å². The second-order valence-corrected chi connectivity index (χ2v) is 6.19. The van der Waals surface area contributed by atoms with Crippen LogP contribution in [0.3, 0.4) is 0 Å². The Balaban J connectivity index is 1.96. The van der Waals surface area contributed by atoms with Crippen molar-refractivity contribution >= 4 is 21.7 Å². The Hall–Kier alpha value is -2.77. The van der Waals surface area contributed by atoms with E-state index in [0.29, 0.717) is 16.8 Å². The van der Waals surface area contributed by atoms with Gasteiger partial charge in [0, 0.05) is 17.1 Å². The summed E-state index contributed by atoms with van der Waals surface area (Å²) in [5.41, 5.74) is 3.45. The highest BCUT2D eigenvalue weighted by atomic mass is 79.9. The maximum Gasteiger partial charge on any atom is 0.185 e. The molecule has 0 atom stereocenters. The highest BCUT2D eigenvalue weighted by Crippen LogP contribution is 2.26. The molecule has 0 aliphatic rings. The van der Waals surface area contributed by atoms with Gasteiger partial charge in [-0.25, -0.2) is 0 Å². The van der Waals surface area contributed by atoms with Gasteiger partial charge in [-0.2, -0.15) is 5.26 Å². The van der Waals surface area contributed by atoms with E-state index >= 15 is 0 Å². The number of carbonyl (C=O) groups excluding carboxylic acids is 1. The average molecular weight is 377 g/mol. The first-order valence-electron chi connectivity index (χ1n) is 7.41. The van der Waals surface area contributed by atoms with Crippen LogP contribution in [0.15, 0.2) is 71.3 Å². The van der Waals surface area contributed by atoms with E-state index in [1.165, 1.54) is 0 Å². The molecule has 0 amide bonds. The zero-order valence-electron chi connectivity index (χ0n) is 12.7. The molecule has 1 heterocycles. The van der Waals surface area contributed by atoms with E-state index in [1.807, 2.05) is 48.5 Å². The Labute approximate surface area is 148 Å². The van der Waals surface area contributed by atoms with Crippen LogP contribution in [-0.2, 0) is 6.42 Å². The molecule has 0 aliphatic heterocycles. The van der Waals surface area contributed by atoms with E-state index in [0.717, 1.165) is 15.6 Å². The Bertz CT molecular complexity index is 913. The Morgan fingerprint density at radius 1 is 1.04 bits per heavy atom. The van der Waals surface area contributed by atoms with Crippen LogP contribution in [0.1, 0.15) is 21.6 Å². The highest BCUT2D eigenvalue weighted by molar-refractivity contribution is 9.10. The van der Waals surface area contributed by atoms with Crippen LogP contribution in [0.4, 0.5) is 0 Å². The summed E-state index contributed by atoms with van der Waals surface area (Å²) in [4.78, 5) is 16.6. The van der Waals surface area contributed by atoms with E-state index in [9.17, 15) is 10.1 Å². The van der Waals surface area contributed by atoms with Crippen molar-refractivity contribution in [1.29, 1.82) is 5.26 Å². The number of Topliss-reactive ketones (excluding diaryl/α,β-unsaturated/α-hetero) is 1. The van der Waals surface area contributed by atoms with Crippen molar-refractivity contribution in [3.63, 3.8) is 0 Å². The number of hydrogen-bond donors (Lipinski definition) is 0. The van der Waals surface area contributed by atoms with Crippen LogP contribution in [0.2, 0.25) is 0 Å². The second-order valence-electron chi connectivity index (χ2n) is 5.28. The summed E-state index contributed by atoms with van der Waals surface area (Å²) in [6, 6.07) is 21.0. The summed E-state index contributed by atoms with van der Waals surface area (Å²) in [6.45, 7) is 0. The summed E-state index contributed by atoms with van der Waals surface area (Å²) < 4.78 is 0.822. The van der Waals surface area contributed by atoms with Gasteiger partial charge >= 0.3 is 0 Å². The normalized spacial score (nSPS) is 10.2. The number of nitrogens with zero attached hydrogens (tertiary/aromatic N) is 2. The highest BCUT2D eigenvalue weighted by Gasteiger charge is 2.14. The van der Waals surface area contributed by atoms with Crippen molar-refractivity contribution < 1.29 is 4.79 Å². The number of rotatable bonds is 4. The van der Waals surface area contributed by atoms with Gasteiger partial charge in [0.05, 0.1) is 5.56 Å². The molecule has 0 radical (unpaired) electrons. The average Bonchev–Trinajstić information content (AvgIpc) is 2.62. The molecule has 0 saturated heterocycles.